The van der Waals surface area contributed by atoms with Gasteiger partial charge in [0.1, 0.15) is 17.9 Å². The second-order valence-corrected chi connectivity index (χ2v) is 6.30. The van der Waals surface area contributed by atoms with Crippen LogP contribution < -0.4 is 5.32 Å². The van der Waals surface area contributed by atoms with E-state index in [1.165, 1.54) is 4.68 Å². The molecule has 2 aromatic heterocycles. The van der Waals surface area contributed by atoms with Crippen LogP contribution in [0.25, 0.3) is 0 Å². The molecule has 0 radical (unpaired) electrons. The van der Waals surface area contributed by atoms with Crippen LogP contribution in [-0.4, -0.2) is 30.4 Å². The summed E-state index contributed by atoms with van der Waals surface area (Å²) in [6.07, 6.45) is 1.15. The van der Waals surface area contributed by atoms with Gasteiger partial charge in [-0.1, -0.05) is 30.3 Å². The van der Waals surface area contributed by atoms with Crippen LogP contribution >= 0.6 is 0 Å². The van der Waals surface area contributed by atoms with E-state index >= 15 is 0 Å². The Morgan fingerprint density at radius 1 is 1.30 bits per heavy atom. The summed E-state index contributed by atoms with van der Waals surface area (Å²) in [4.78, 5) is 23.0. The van der Waals surface area contributed by atoms with Gasteiger partial charge in [0.15, 0.2) is 5.82 Å². The third-order valence-electron chi connectivity index (χ3n) is 4.37. The van der Waals surface area contributed by atoms with Gasteiger partial charge in [-0.2, -0.15) is 10.2 Å². The fourth-order valence-electron chi connectivity index (χ4n) is 2.81. The Labute approximate surface area is 155 Å². The van der Waals surface area contributed by atoms with Crippen LogP contribution in [0.4, 0.5) is 11.5 Å². The van der Waals surface area contributed by atoms with Crippen LogP contribution in [0.15, 0.2) is 42.6 Å². The molecule has 0 aliphatic rings. The predicted octanol–water partition coefficient (Wildman–Crippen LogP) is 2.85. The van der Waals surface area contributed by atoms with E-state index in [9.17, 15) is 14.9 Å². The van der Waals surface area contributed by atoms with Gasteiger partial charge in [-0.25, -0.2) is 0 Å². The molecular weight excluding hydrogens is 348 g/mol. The van der Waals surface area contributed by atoms with Gasteiger partial charge in [0.05, 0.1) is 11.5 Å². The number of benzene rings is 1. The number of hydrogen-bond donors (Lipinski definition) is 1. The number of carbonyl (C=O) groups excluding carboxylic acids is 1. The number of nitrogens with one attached hydrogen (secondary N) is 1. The van der Waals surface area contributed by atoms with Crippen molar-refractivity contribution < 1.29 is 9.72 Å². The first kappa shape index (κ1) is 18.3. The SMILES string of the molecule is Cc1cc(NC(=O)C(C)n2ncc([N+](=O)[O-])c2C)nn1Cc1ccccc1. The molecule has 0 bridgehead atoms. The predicted molar refractivity (Wildman–Crippen MR) is 99.5 cm³/mol. The van der Waals surface area contributed by atoms with Crippen molar-refractivity contribution in [3.8, 4) is 0 Å². The van der Waals surface area contributed by atoms with Crippen LogP contribution in [-0.2, 0) is 11.3 Å². The van der Waals surface area contributed by atoms with Gasteiger partial charge in [0.2, 0.25) is 5.91 Å². The highest BCUT2D eigenvalue weighted by atomic mass is 16.6. The van der Waals surface area contributed by atoms with Crippen molar-refractivity contribution in [3.63, 3.8) is 0 Å². The lowest BCUT2D eigenvalue weighted by Crippen LogP contribution is -2.25. The van der Waals surface area contributed by atoms with Gasteiger partial charge in [0.25, 0.3) is 0 Å². The van der Waals surface area contributed by atoms with E-state index < -0.39 is 11.0 Å². The highest BCUT2D eigenvalue weighted by Crippen LogP contribution is 2.21. The molecule has 0 aliphatic carbocycles. The maximum Gasteiger partial charge on any atom is 0.309 e. The number of nitrogens with zero attached hydrogens (tertiary/aromatic N) is 5. The number of rotatable bonds is 6. The summed E-state index contributed by atoms with van der Waals surface area (Å²) in [7, 11) is 0. The molecule has 0 fully saturated rings. The highest BCUT2D eigenvalue weighted by Gasteiger charge is 2.24. The molecule has 9 heteroatoms. The summed E-state index contributed by atoms with van der Waals surface area (Å²) in [5, 5.41) is 22.1. The first-order chi connectivity index (χ1) is 12.9. The lowest BCUT2D eigenvalue weighted by Gasteiger charge is -2.12. The molecule has 0 saturated carbocycles. The number of hydrogen-bond acceptors (Lipinski definition) is 5. The first-order valence-corrected chi connectivity index (χ1v) is 8.44. The number of aryl methyl sites for hydroxylation is 1. The zero-order chi connectivity index (χ0) is 19.6. The maximum absolute atomic E-state index is 12.5. The standard InChI is InChI=1S/C18H20N6O3/c1-12-9-17(21-22(12)11-15-7-5-4-6-8-15)20-18(25)14(3)23-13(2)16(10-19-23)24(26)27/h4-10,14H,11H2,1-3H3,(H,20,21,25). The monoisotopic (exact) mass is 368 g/mol. The van der Waals surface area contributed by atoms with Gasteiger partial charge in [-0.3, -0.25) is 24.3 Å². The maximum atomic E-state index is 12.5. The molecular formula is C18H20N6O3. The highest BCUT2D eigenvalue weighted by molar-refractivity contribution is 5.92. The summed E-state index contributed by atoms with van der Waals surface area (Å²) < 4.78 is 3.14. The quantitative estimate of drug-likeness (QED) is 0.532. The van der Waals surface area contributed by atoms with E-state index in [1.807, 2.05) is 37.3 Å². The zero-order valence-electron chi connectivity index (χ0n) is 15.3. The molecule has 1 amide bonds. The molecule has 1 aromatic carbocycles. The molecule has 0 aliphatic heterocycles. The Hall–Kier alpha value is -3.49. The van der Waals surface area contributed by atoms with Crippen molar-refractivity contribution in [1.29, 1.82) is 0 Å². The number of amides is 1. The van der Waals surface area contributed by atoms with Crippen molar-refractivity contribution in [2.75, 3.05) is 5.32 Å². The number of carbonyl (C=O) groups is 1. The Bertz CT molecular complexity index is 976. The average Bonchev–Trinajstić information content (AvgIpc) is 3.18. The molecule has 2 heterocycles. The fourth-order valence-corrected chi connectivity index (χ4v) is 2.81. The first-order valence-electron chi connectivity index (χ1n) is 8.44. The molecule has 0 spiro atoms. The summed E-state index contributed by atoms with van der Waals surface area (Å²) in [6, 6.07) is 11.0. The normalized spacial score (nSPS) is 12.0. The molecule has 3 rings (SSSR count). The Balaban J connectivity index is 1.72. The summed E-state index contributed by atoms with van der Waals surface area (Å²) in [6.45, 7) is 5.71. The van der Waals surface area contributed by atoms with E-state index in [4.69, 9.17) is 0 Å². The van der Waals surface area contributed by atoms with Gasteiger partial charge in [0, 0.05) is 11.8 Å². The van der Waals surface area contributed by atoms with Gasteiger partial charge in [-0.05, 0) is 26.3 Å². The lowest BCUT2D eigenvalue weighted by molar-refractivity contribution is -0.385. The van der Waals surface area contributed by atoms with E-state index in [0.717, 1.165) is 17.5 Å². The summed E-state index contributed by atoms with van der Waals surface area (Å²) in [5.74, 6) is 0.0834. The number of aromatic nitrogens is 4. The van der Waals surface area contributed by atoms with Crippen molar-refractivity contribution in [2.24, 2.45) is 0 Å². The molecule has 1 N–H and O–H groups in total. The third-order valence-corrected chi connectivity index (χ3v) is 4.37. The molecule has 1 atom stereocenters. The van der Waals surface area contributed by atoms with Crippen LogP contribution in [0.3, 0.4) is 0 Å². The minimum absolute atomic E-state index is 0.113. The van der Waals surface area contributed by atoms with E-state index in [2.05, 4.69) is 15.5 Å². The van der Waals surface area contributed by atoms with Crippen LogP contribution in [0.2, 0.25) is 0 Å². The number of nitro groups is 1. The Morgan fingerprint density at radius 2 is 2.00 bits per heavy atom. The third kappa shape index (κ3) is 3.86. The number of anilines is 1. The van der Waals surface area contributed by atoms with Gasteiger partial charge >= 0.3 is 5.69 Å². The van der Waals surface area contributed by atoms with Crippen LogP contribution in [0.5, 0.6) is 0 Å². The molecule has 27 heavy (non-hydrogen) atoms. The second kappa shape index (κ2) is 7.40. The van der Waals surface area contributed by atoms with Crippen molar-refractivity contribution in [2.45, 2.75) is 33.4 Å². The molecule has 140 valence electrons. The van der Waals surface area contributed by atoms with E-state index in [-0.39, 0.29) is 11.6 Å². The van der Waals surface area contributed by atoms with Gasteiger partial charge < -0.3 is 5.32 Å². The minimum Gasteiger partial charge on any atom is -0.307 e. The smallest absolute Gasteiger partial charge is 0.307 e. The summed E-state index contributed by atoms with van der Waals surface area (Å²) in [5.41, 5.74) is 2.23. The van der Waals surface area contributed by atoms with E-state index in [0.29, 0.717) is 18.1 Å². The topological polar surface area (TPSA) is 108 Å². The molecule has 1 unspecified atom stereocenters. The van der Waals surface area contributed by atoms with Crippen LogP contribution in [0, 0.1) is 24.0 Å². The molecule has 3 aromatic rings. The van der Waals surface area contributed by atoms with E-state index in [1.54, 1.807) is 24.6 Å². The Morgan fingerprint density at radius 3 is 2.63 bits per heavy atom. The van der Waals surface area contributed by atoms with Crippen molar-refractivity contribution in [3.05, 3.63) is 69.7 Å². The largest absolute Gasteiger partial charge is 0.309 e. The fraction of sp³-hybridized carbons (Fsp3) is 0.278. The second-order valence-electron chi connectivity index (χ2n) is 6.30. The Kier molecular flexibility index (Phi) is 5.02. The lowest BCUT2D eigenvalue weighted by atomic mass is 10.2. The average molecular weight is 368 g/mol. The minimum atomic E-state index is -0.710. The van der Waals surface area contributed by atoms with Crippen molar-refractivity contribution >= 4 is 17.4 Å². The van der Waals surface area contributed by atoms with Crippen LogP contribution in [0.1, 0.15) is 29.9 Å². The molecule has 9 nitrogen and oxygen atoms in total. The zero-order valence-corrected chi connectivity index (χ0v) is 15.3. The summed E-state index contributed by atoms with van der Waals surface area (Å²) >= 11 is 0. The molecule has 0 saturated heterocycles. The van der Waals surface area contributed by atoms with Crippen molar-refractivity contribution in [1.82, 2.24) is 19.6 Å². The van der Waals surface area contributed by atoms with Gasteiger partial charge in [-0.15, -0.1) is 0 Å².